The average Bonchev–Trinajstić information content (AvgIpc) is 2.63. The summed E-state index contributed by atoms with van der Waals surface area (Å²) in [4.78, 5) is 11.6. The van der Waals surface area contributed by atoms with Gasteiger partial charge in [0.05, 0.1) is 5.92 Å². The summed E-state index contributed by atoms with van der Waals surface area (Å²) >= 11 is 0. The standard InChI is InChI=1S/C11H16O2/c1-10-5-3-7-11(10)6-2-4-8(11)9(12)13-10/h8H,2-7H2,1H3/t8-,10+,11+/m1/s1. The van der Waals surface area contributed by atoms with Crippen molar-refractivity contribution in [3.8, 4) is 0 Å². The second kappa shape index (κ2) is 2.10. The number of carbonyl (C=O) groups is 1. The van der Waals surface area contributed by atoms with Crippen LogP contribution in [0.3, 0.4) is 0 Å². The van der Waals surface area contributed by atoms with Crippen molar-refractivity contribution in [2.24, 2.45) is 11.3 Å². The highest BCUT2D eigenvalue weighted by atomic mass is 16.6. The molecule has 2 saturated carbocycles. The van der Waals surface area contributed by atoms with Gasteiger partial charge in [0.1, 0.15) is 5.60 Å². The van der Waals surface area contributed by atoms with Gasteiger partial charge >= 0.3 is 5.97 Å². The van der Waals surface area contributed by atoms with E-state index in [1.165, 1.54) is 25.7 Å². The van der Waals surface area contributed by atoms with E-state index in [2.05, 4.69) is 6.92 Å². The van der Waals surface area contributed by atoms with Crippen molar-refractivity contribution in [3.05, 3.63) is 0 Å². The van der Waals surface area contributed by atoms with E-state index < -0.39 is 0 Å². The lowest BCUT2D eigenvalue weighted by Gasteiger charge is -2.34. The first-order valence-electron chi connectivity index (χ1n) is 5.41. The molecule has 13 heavy (non-hydrogen) atoms. The topological polar surface area (TPSA) is 26.3 Å². The van der Waals surface area contributed by atoms with Gasteiger partial charge < -0.3 is 4.74 Å². The molecule has 1 spiro atoms. The van der Waals surface area contributed by atoms with Crippen LogP contribution in [0.2, 0.25) is 0 Å². The van der Waals surface area contributed by atoms with E-state index in [4.69, 9.17) is 4.74 Å². The monoisotopic (exact) mass is 180 g/mol. The fourth-order valence-electron chi connectivity index (χ4n) is 4.05. The van der Waals surface area contributed by atoms with Crippen molar-refractivity contribution in [1.82, 2.24) is 0 Å². The molecule has 2 aliphatic carbocycles. The highest BCUT2D eigenvalue weighted by molar-refractivity contribution is 5.78. The Labute approximate surface area is 78.6 Å². The van der Waals surface area contributed by atoms with Gasteiger partial charge in [0.2, 0.25) is 0 Å². The van der Waals surface area contributed by atoms with Gasteiger partial charge in [-0.15, -0.1) is 0 Å². The minimum atomic E-state index is -0.0920. The molecule has 2 nitrogen and oxygen atoms in total. The molecular weight excluding hydrogens is 164 g/mol. The normalized spacial score (nSPS) is 53.3. The van der Waals surface area contributed by atoms with E-state index in [1.54, 1.807) is 0 Å². The highest BCUT2D eigenvalue weighted by Crippen LogP contribution is 2.65. The fourth-order valence-corrected chi connectivity index (χ4v) is 4.05. The maximum Gasteiger partial charge on any atom is 0.310 e. The number of ether oxygens (including phenoxy) is 1. The molecule has 0 aromatic heterocycles. The summed E-state index contributed by atoms with van der Waals surface area (Å²) in [6, 6.07) is 0. The van der Waals surface area contributed by atoms with Crippen LogP contribution in [0.4, 0.5) is 0 Å². The van der Waals surface area contributed by atoms with E-state index in [-0.39, 0.29) is 22.9 Å². The van der Waals surface area contributed by atoms with Crippen LogP contribution in [0.1, 0.15) is 45.4 Å². The van der Waals surface area contributed by atoms with Crippen LogP contribution in [-0.4, -0.2) is 11.6 Å². The maximum absolute atomic E-state index is 11.6. The van der Waals surface area contributed by atoms with Crippen LogP contribution >= 0.6 is 0 Å². The molecule has 0 amide bonds. The summed E-state index contributed by atoms with van der Waals surface area (Å²) < 4.78 is 5.59. The number of esters is 1. The molecular formula is C11H16O2. The Morgan fingerprint density at radius 1 is 1.31 bits per heavy atom. The second-order valence-electron chi connectivity index (χ2n) is 5.11. The summed E-state index contributed by atoms with van der Waals surface area (Å²) in [6.07, 6.45) is 7.10. The second-order valence-corrected chi connectivity index (χ2v) is 5.11. The Morgan fingerprint density at radius 2 is 2.08 bits per heavy atom. The van der Waals surface area contributed by atoms with Gasteiger partial charge in [-0.25, -0.2) is 0 Å². The Balaban J connectivity index is 2.10. The van der Waals surface area contributed by atoms with E-state index in [0.717, 1.165) is 12.8 Å². The van der Waals surface area contributed by atoms with Gasteiger partial charge in [-0.1, -0.05) is 6.42 Å². The first kappa shape index (κ1) is 7.84. The lowest BCUT2D eigenvalue weighted by molar-refractivity contribution is -0.150. The molecule has 0 N–H and O–H groups in total. The van der Waals surface area contributed by atoms with Crippen molar-refractivity contribution in [3.63, 3.8) is 0 Å². The van der Waals surface area contributed by atoms with Crippen LogP contribution in [0.25, 0.3) is 0 Å². The lowest BCUT2D eigenvalue weighted by atomic mass is 9.70. The molecule has 3 rings (SSSR count). The number of hydrogen-bond acceptors (Lipinski definition) is 2. The quantitative estimate of drug-likeness (QED) is 0.534. The zero-order chi connectivity index (χ0) is 9.10. The Morgan fingerprint density at radius 3 is 2.92 bits per heavy atom. The van der Waals surface area contributed by atoms with Crippen LogP contribution in [-0.2, 0) is 9.53 Å². The van der Waals surface area contributed by atoms with E-state index in [0.29, 0.717) is 0 Å². The van der Waals surface area contributed by atoms with Gasteiger partial charge in [-0.3, -0.25) is 4.79 Å². The van der Waals surface area contributed by atoms with Gasteiger partial charge in [-0.2, -0.15) is 0 Å². The zero-order valence-electron chi connectivity index (χ0n) is 8.14. The molecule has 0 unspecified atom stereocenters. The van der Waals surface area contributed by atoms with Gasteiger partial charge in [0, 0.05) is 5.41 Å². The third kappa shape index (κ3) is 0.695. The number of rotatable bonds is 0. The molecule has 2 heteroatoms. The fraction of sp³-hybridized carbons (Fsp3) is 0.909. The molecule has 0 aromatic carbocycles. The minimum absolute atomic E-state index is 0.0920. The molecule has 1 saturated heterocycles. The predicted octanol–water partition coefficient (Wildman–Crippen LogP) is 2.27. The molecule has 0 radical (unpaired) electrons. The molecule has 3 fully saturated rings. The summed E-state index contributed by atoms with van der Waals surface area (Å²) in [7, 11) is 0. The average molecular weight is 180 g/mol. The number of carbonyl (C=O) groups excluding carboxylic acids is 1. The first-order valence-corrected chi connectivity index (χ1v) is 5.41. The molecule has 1 heterocycles. The highest BCUT2D eigenvalue weighted by Gasteiger charge is 2.67. The smallest absolute Gasteiger partial charge is 0.310 e. The maximum atomic E-state index is 11.6. The summed E-state index contributed by atoms with van der Waals surface area (Å²) in [5, 5.41) is 0. The van der Waals surface area contributed by atoms with Gasteiger partial charge in [-0.05, 0) is 39.0 Å². The van der Waals surface area contributed by atoms with E-state index in [1.807, 2.05) is 0 Å². The van der Waals surface area contributed by atoms with Crippen LogP contribution < -0.4 is 0 Å². The van der Waals surface area contributed by atoms with Crippen LogP contribution in [0.15, 0.2) is 0 Å². The minimum Gasteiger partial charge on any atom is -0.459 e. The SMILES string of the molecule is C[C@]12CCC[C@]13CCC[C@@H]3C(=O)O2. The largest absolute Gasteiger partial charge is 0.459 e. The van der Waals surface area contributed by atoms with Crippen molar-refractivity contribution in [2.75, 3.05) is 0 Å². The zero-order valence-corrected chi connectivity index (χ0v) is 8.14. The molecule has 3 atom stereocenters. The number of hydrogen-bond donors (Lipinski definition) is 0. The summed E-state index contributed by atoms with van der Waals surface area (Å²) in [6.45, 7) is 2.16. The molecule has 0 aromatic rings. The lowest BCUT2D eigenvalue weighted by Crippen LogP contribution is -2.38. The van der Waals surface area contributed by atoms with Crippen molar-refractivity contribution in [2.45, 2.75) is 51.0 Å². The van der Waals surface area contributed by atoms with Gasteiger partial charge in [0.25, 0.3) is 0 Å². The summed E-state index contributed by atoms with van der Waals surface area (Å²) in [5.74, 6) is 0.347. The summed E-state index contributed by atoms with van der Waals surface area (Å²) in [5.41, 5.74) is 0.162. The first-order chi connectivity index (χ1) is 6.18. The Bertz CT molecular complexity index is 269. The molecule has 1 aliphatic heterocycles. The van der Waals surface area contributed by atoms with Gasteiger partial charge in [0.15, 0.2) is 0 Å². The third-order valence-electron chi connectivity index (χ3n) is 4.72. The molecule has 0 bridgehead atoms. The van der Waals surface area contributed by atoms with Crippen LogP contribution in [0.5, 0.6) is 0 Å². The van der Waals surface area contributed by atoms with E-state index >= 15 is 0 Å². The van der Waals surface area contributed by atoms with Crippen LogP contribution in [0, 0.1) is 11.3 Å². The predicted molar refractivity (Wildman–Crippen MR) is 48.1 cm³/mol. The van der Waals surface area contributed by atoms with Crippen molar-refractivity contribution >= 4 is 5.97 Å². The van der Waals surface area contributed by atoms with E-state index in [9.17, 15) is 4.79 Å². The molecule has 72 valence electrons. The van der Waals surface area contributed by atoms with Crippen molar-refractivity contribution < 1.29 is 9.53 Å². The molecule has 3 aliphatic rings. The Hall–Kier alpha value is -0.530. The van der Waals surface area contributed by atoms with Crippen molar-refractivity contribution in [1.29, 1.82) is 0 Å². The third-order valence-corrected chi connectivity index (χ3v) is 4.72. The Kier molecular flexibility index (Phi) is 1.27.